The zero-order valence-electron chi connectivity index (χ0n) is 21.2. The smallest absolute Gasteiger partial charge is 0.289 e. The lowest BCUT2D eigenvalue weighted by Gasteiger charge is -2.36. The molecule has 192 valence electrons. The number of ether oxygens (including phenoxy) is 2. The number of methoxy groups -OCH3 is 1. The molecule has 0 bridgehead atoms. The van der Waals surface area contributed by atoms with E-state index in [2.05, 4.69) is 4.90 Å². The van der Waals surface area contributed by atoms with Crippen LogP contribution in [0.25, 0.3) is 11.0 Å². The van der Waals surface area contributed by atoms with Gasteiger partial charge in [0.25, 0.3) is 5.91 Å². The van der Waals surface area contributed by atoms with Crippen molar-refractivity contribution in [1.82, 2.24) is 9.80 Å². The lowest BCUT2D eigenvalue weighted by atomic mass is 10.1. The van der Waals surface area contributed by atoms with E-state index >= 15 is 0 Å². The van der Waals surface area contributed by atoms with E-state index in [4.69, 9.17) is 25.5 Å². The summed E-state index contributed by atoms with van der Waals surface area (Å²) in [5, 5.41) is 1.69. The van der Waals surface area contributed by atoms with Crippen LogP contribution in [0.1, 0.15) is 33.3 Å². The second-order valence-electron chi connectivity index (χ2n) is 9.35. The predicted molar refractivity (Wildman–Crippen MR) is 145 cm³/mol. The first-order valence-corrected chi connectivity index (χ1v) is 12.9. The quantitative estimate of drug-likeness (QED) is 0.281. The van der Waals surface area contributed by atoms with Crippen LogP contribution in [0, 0.1) is 6.92 Å². The van der Waals surface area contributed by atoms with E-state index in [-0.39, 0.29) is 12.0 Å². The zero-order valence-corrected chi connectivity index (χ0v) is 21.9. The van der Waals surface area contributed by atoms with Crippen LogP contribution in [0.5, 0.6) is 5.75 Å². The number of hydrogen-bond acceptors (Lipinski definition) is 5. The molecule has 1 fully saturated rings. The lowest BCUT2D eigenvalue weighted by molar-refractivity contribution is 0.00307. The third kappa shape index (κ3) is 5.82. The first kappa shape index (κ1) is 25.3. The van der Waals surface area contributed by atoms with Crippen LogP contribution in [0.3, 0.4) is 0 Å². The van der Waals surface area contributed by atoms with Gasteiger partial charge in [0.05, 0.1) is 19.8 Å². The lowest BCUT2D eigenvalue weighted by Crippen LogP contribution is -2.49. The van der Waals surface area contributed by atoms with Gasteiger partial charge in [-0.05, 0) is 48.4 Å². The van der Waals surface area contributed by atoms with E-state index in [0.29, 0.717) is 30.5 Å². The maximum absolute atomic E-state index is 13.3. The fourth-order valence-corrected chi connectivity index (χ4v) is 4.91. The van der Waals surface area contributed by atoms with Gasteiger partial charge in [-0.1, -0.05) is 54.1 Å². The molecule has 1 aromatic heterocycles. The molecule has 1 saturated heterocycles. The van der Waals surface area contributed by atoms with Gasteiger partial charge >= 0.3 is 0 Å². The summed E-state index contributed by atoms with van der Waals surface area (Å²) in [5.41, 5.74) is 3.77. The largest absolute Gasteiger partial charge is 0.497 e. The van der Waals surface area contributed by atoms with Gasteiger partial charge in [-0.2, -0.15) is 0 Å². The average Bonchev–Trinajstić information content (AvgIpc) is 3.28. The van der Waals surface area contributed by atoms with Gasteiger partial charge in [0, 0.05) is 48.7 Å². The zero-order chi connectivity index (χ0) is 25.8. The van der Waals surface area contributed by atoms with Crippen molar-refractivity contribution in [3.05, 3.63) is 100 Å². The number of nitrogens with zero attached hydrogens (tertiary/aromatic N) is 2. The van der Waals surface area contributed by atoms with Crippen molar-refractivity contribution < 1.29 is 18.7 Å². The monoisotopic (exact) mass is 518 g/mol. The summed E-state index contributed by atoms with van der Waals surface area (Å²) in [7, 11) is 1.66. The molecule has 1 aliphatic heterocycles. The number of furan rings is 1. The Morgan fingerprint density at radius 1 is 1.00 bits per heavy atom. The third-order valence-electron chi connectivity index (χ3n) is 6.95. The molecule has 1 amide bonds. The van der Waals surface area contributed by atoms with Crippen molar-refractivity contribution in [2.75, 3.05) is 39.8 Å². The highest BCUT2D eigenvalue weighted by molar-refractivity contribution is 6.30. The van der Waals surface area contributed by atoms with Crippen molar-refractivity contribution in [2.24, 2.45) is 0 Å². The maximum atomic E-state index is 13.3. The van der Waals surface area contributed by atoms with Crippen molar-refractivity contribution in [2.45, 2.75) is 19.6 Å². The Morgan fingerprint density at radius 2 is 1.76 bits per heavy atom. The Kier molecular flexibility index (Phi) is 7.79. The van der Waals surface area contributed by atoms with Gasteiger partial charge in [-0.3, -0.25) is 9.69 Å². The molecule has 3 aromatic carbocycles. The Morgan fingerprint density at radius 3 is 2.49 bits per heavy atom. The Bertz CT molecular complexity index is 1360. The molecule has 37 heavy (non-hydrogen) atoms. The Labute approximate surface area is 222 Å². The highest BCUT2D eigenvalue weighted by Crippen LogP contribution is 2.27. The van der Waals surface area contributed by atoms with E-state index in [0.717, 1.165) is 53.0 Å². The fraction of sp³-hybridized carbons (Fsp3) is 0.300. The minimum atomic E-state index is -0.136. The van der Waals surface area contributed by atoms with Crippen LogP contribution >= 0.6 is 11.6 Å². The molecule has 2 heterocycles. The number of fused-ring (bicyclic) bond motifs is 1. The summed E-state index contributed by atoms with van der Waals surface area (Å²) in [6, 6.07) is 23.5. The molecular formula is C30H31ClN2O4. The SMILES string of the molecule is COc1cccc(CO[C@H](CN2CCN(C(=O)c3oc4ccccc4c3C)CC2)c2ccc(Cl)cc2)c1. The summed E-state index contributed by atoms with van der Waals surface area (Å²) in [6.07, 6.45) is -0.136. The molecule has 5 rings (SSSR count). The summed E-state index contributed by atoms with van der Waals surface area (Å²) in [4.78, 5) is 17.5. The summed E-state index contributed by atoms with van der Waals surface area (Å²) < 4.78 is 17.7. The molecule has 0 N–H and O–H groups in total. The number of carbonyl (C=O) groups is 1. The number of aryl methyl sites for hydroxylation is 1. The van der Waals surface area contributed by atoms with E-state index in [9.17, 15) is 4.79 Å². The summed E-state index contributed by atoms with van der Waals surface area (Å²) in [5.74, 6) is 1.21. The second-order valence-corrected chi connectivity index (χ2v) is 9.78. The molecule has 0 radical (unpaired) electrons. The van der Waals surface area contributed by atoms with Crippen LogP contribution in [-0.2, 0) is 11.3 Å². The molecule has 6 nitrogen and oxygen atoms in total. The van der Waals surface area contributed by atoms with E-state index < -0.39 is 0 Å². The molecular weight excluding hydrogens is 488 g/mol. The van der Waals surface area contributed by atoms with Crippen molar-refractivity contribution in [1.29, 1.82) is 0 Å². The number of para-hydroxylation sites is 1. The average molecular weight is 519 g/mol. The topological polar surface area (TPSA) is 55.2 Å². The normalized spacial score (nSPS) is 15.2. The number of amides is 1. The van der Waals surface area contributed by atoms with Gasteiger partial charge in [0.1, 0.15) is 11.3 Å². The van der Waals surface area contributed by atoms with Crippen molar-refractivity contribution in [3.8, 4) is 5.75 Å². The second kappa shape index (κ2) is 11.4. The number of halogens is 1. The number of piperazine rings is 1. The van der Waals surface area contributed by atoms with Crippen molar-refractivity contribution >= 4 is 28.5 Å². The molecule has 4 aromatic rings. The highest BCUT2D eigenvalue weighted by Gasteiger charge is 2.28. The molecule has 0 saturated carbocycles. The van der Waals surface area contributed by atoms with Crippen LogP contribution < -0.4 is 4.74 Å². The summed E-state index contributed by atoms with van der Waals surface area (Å²) in [6.45, 7) is 5.93. The molecule has 0 unspecified atom stereocenters. The van der Waals surface area contributed by atoms with E-state index in [1.165, 1.54) is 0 Å². The van der Waals surface area contributed by atoms with Gasteiger partial charge in [0.15, 0.2) is 5.76 Å². The number of benzene rings is 3. The first-order valence-electron chi connectivity index (χ1n) is 12.5. The predicted octanol–water partition coefficient (Wildman–Crippen LogP) is 6.12. The molecule has 1 aliphatic rings. The minimum Gasteiger partial charge on any atom is -0.497 e. The minimum absolute atomic E-state index is 0.0446. The first-order chi connectivity index (χ1) is 18.0. The van der Waals surface area contributed by atoms with Crippen LogP contribution in [0.2, 0.25) is 5.02 Å². The molecule has 1 atom stereocenters. The standard InChI is InChI=1S/C30H31ClN2O4/c1-21-26-8-3-4-9-27(26)37-29(21)30(34)33-16-14-32(15-17-33)19-28(23-10-12-24(31)13-11-23)36-20-22-6-5-7-25(18-22)35-2/h3-13,18,28H,14-17,19-20H2,1-2H3/t28-/m1/s1. The van der Waals surface area contributed by atoms with Gasteiger partial charge in [-0.15, -0.1) is 0 Å². The van der Waals surface area contributed by atoms with Crippen LogP contribution in [0.4, 0.5) is 0 Å². The highest BCUT2D eigenvalue weighted by atomic mass is 35.5. The summed E-state index contributed by atoms with van der Waals surface area (Å²) >= 11 is 6.14. The number of carbonyl (C=O) groups excluding carboxylic acids is 1. The van der Waals surface area contributed by atoms with Crippen molar-refractivity contribution in [3.63, 3.8) is 0 Å². The van der Waals surface area contributed by atoms with Crippen LogP contribution in [-0.4, -0.2) is 55.5 Å². The third-order valence-corrected chi connectivity index (χ3v) is 7.20. The molecule has 7 heteroatoms. The molecule has 0 spiro atoms. The molecule has 0 aliphatic carbocycles. The van der Waals surface area contributed by atoms with E-state index in [1.807, 2.05) is 84.6 Å². The van der Waals surface area contributed by atoms with Crippen LogP contribution in [0.15, 0.2) is 77.2 Å². The Balaban J connectivity index is 1.24. The van der Waals surface area contributed by atoms with Gasteiger partial charge in [0.2, 0.25) is 0 Å². The van der Waals surface area contributed by atoms with Gasteiger partial charge < -0.3 is 18.8 Å². The van der Waals surface area contributed by atoms with Gasteiger partial charge in [-0.25, -0.2) is 0 Å². The van der Waals surface area contributed by atoms with E-state index in [1.54, 1.807) is 7.11 Å². The number of hydrogen-bond donors (Lipinski definition) is 0. The maximum Gasteiger partial charge on any atom is 0.289 e. The number of rotatable bonds is 8. The Hall–Kier alpha value is -3.32. The fourth-order valence-electron chi connectivity index (χ4n) is 4.78.